The number of fused-ring (bicyclic) bond motifs is 1. The molecule has 1 aromatic carbocycles. The molecular weight excluding hydrogens is 280 g/mol. The summed E-state index contributed by atoms with van der Waals surface area (Å²) in [5.41, 5.74) is 2.38. The van der Waals surface area contributed by atoms with Gasteiger partial charge in [-0.2, -0.15) is 11.8 Å². The third kappa shape index (κ3) is 3.43. The number of rotatable bonds is 5. The van der Waals surface area contributed by atoms with Gasteiger partial charge in [-0.05, 0) is 43.6 Å². The molecule has 112 valence electrons. The van der Waals surface area contributed by atoms with Crippen molar-refractivity contribution in [3.05, 3.63) is 36.0 Å². The maximum absolute atomic E-state index is 12.1. The van der Waals surface area contributed by atoms with Crippen molar-refractivity contribution < 1.29 is 4.79 Å². The Labute approximate surface area is 129 Å². The molecule has 1 fully saturated rings. The van der Waals surface area contributed by atoms with Crippen LogP contribution in [0.5, 0.6) is 0 Å². The fourth-order valence-electron chi connectivity index (χ4n) is 3.17. The molecule has 2 aromatic rings. The Morgan fingerprint density at radius 3 is 3.05 bits per heavy atom. The Morgan fingerprint density at radius 1 is 1.38 bits per heavy atom. The first-order valence-electron chi connectivity index (χ1n) is 7.63. The first kappa shape index (κ1) is 14.5. The number of benzene rings is 1. The maximum Gasteiger partial charge on any atom is 0.220 e. The normalized spacial score (nSPS) is 21.8. The van der Waals surface area contributed by atoms with Gasteiger partial charge >= 0.3 is 0 Å². The lowest BCUT2D eigenvalue weighted by molar-refractivity contribution is -0.121. The van der Waals surface area contributed by atoms with E-state index in [9.17, 15) is 4.79 Å². The molecule has 0 radical (unpaired) electrons. The summed E-state index contributed by atoms with van der Waals surface area (Å²) < 4.78 is 0. The van der Waals surface area contributed by atoms with Gasteiger partial charge < -0.3 is 10.3 Å². The second-order valence-electron chi connectivity index (χ2n) is 5.79. The lowest BCUT2D eigenvalue weighted by Crippen LogP contribution is -2.33. The molecule has 0 saturated heterocycles. The summed E-state index contributed by atoms with van der Waals surface area (Å²) in [4.78, 5) is 15.4. The summed E-state index contributed by atoms with van der Waals surface area (Å²) in [6.07, 6.45) is 9.04. The van der Waals surface area contributed by atoms with Crippen LogP contribution in [0.15, 0.2) is 30.5 Å². The van der Waals surface area contributed by atoms with Crippen LogP contribution < -0.4 is 5.32 Å². The smallest absolute Gasteiger partial charge is 0.220 e. The van der Waals surface area contributed by atoms with Gasteiger partial charge in [0.25, 0.3) is 0 Å². The van der Waals surface area contributed by atoms with Crippen molar-refractivity contribution in [3.8, 4) is 0 Å². The fraction of sp³-hybridized carbons (Fsp3) is 0.471. The zero-order valence-electron chi connectivity index (χ0n) is 12.4. The topological polar surface area (TPSA) is 44.9 Å². The van der Waals surface area contributed by atoms with Gasteiger partial charge in [-0.15, -0.1) is 0 Å². The summed E-state index contributed by atoms with van der Waals surface area (Å²) >= 11 is 1.92. The van der Waals surface area contributed by atoms with Crippen molar-refractivity contribution in [2.45, 2.75) is 43.4 Å². The van der Waals surface area contributed by atoms with Gasteiger partial charge in [0.05, 0.1) is 0 Å². The number of amides is 1. The van der Waals surface area contributed by atoms with E-state index in [1.807, 2.05) is 30.1 Å². The summed E-state index contributed by atoms with van der Waals surface area (Å²) in [7, 11) is 0. The van der Waals surface area contributed by atoms with Gasteiger partial charge in [0.15, 0.2) is 0 Å². The van der Waals surface area contributed by atoms with Crippen LogP contribution in [0.1, 0.15) is 31.2 Å². The Hall–Kier alpha value is -1.42. The predicted octanol–water partition coefficient (Wildman–Crippen LogP) is 3.50. The number of aromatic amines is 1. The van der Waals surface area contributed by atoms with E-state index in [1.54, 1.807) is 0 Å². The number of aryl methyl sites for hydroxylation is 1. The minimum atomic E-state index is 0.187. The lowest BCUT2D eigenvalue weighted by Gasteiger charge is -2.12. The largest absolute Gasteiger partial charge is 0.361 e. The van der Waals surface area contributed by atoms with Gasteiger partial charge in [-0.1, -0.05) is 18.2 Å². The average Bonchev–Trinajstić information content (AvgIpc) is 3.11. The van der Waals surface area contributed by atoms with E-state index in [-0.39, 0.29) is 5.91 Å². The van der Waals surface area contributed by atoms with E-state index in [1.165, 1.54) is 17.4 Å². The van der Waals surface area contributed by atoms with Crippen LogP contribution >= 0.6 is 11.8 Å². The Balaban J connectivity index is 1.52. The van der Waals surface area contributed by atoms with Crippen LogP contribution in [0.2, 0.25) is 0 Å². The predicted molar refractivity (Wildman–Crippen MR) is 89.7 cm³/mol. The molecule has 4 heteroatoms. The van der Waals surface area contributed by atoms with E-state index >= 15 is 0 Å². The fourth-order valence-corrected chi connectivity index (χ4v) is 3.97. The SMILES string of the molecule is CSC1CCC(NC(=O)CCc2c[nH]c3ccccc23)C1. The molecule has 1 amide bonds. The molecule has 3 rings (SSSR count). The molecule has 2 atom stereocenters. The Morgan fingerprint density at radius 2 is 2.24 bits per heavy atom. The Bertz CT molecular complexity index is 622. The van der Waals surface area contributed by atoms with E-state index in [0.717, 1.165) is 30.0 Å². The van der Waals surface area contributed by atoms with Crippen molar-refractivity contribution in [3.63, 3.8) is 0 Å². The van der Waals surface area contributed by atoms with E-state index in [2.05, 4.69) is 28.7 Å². The highest BCUT2D eigenvalue weighted by Gasteiger charge is 2.24. The first-order chi connectivity index (χ1) is 10.3. The van der Waals surface area contributed by atoms with Crippen LogP contribution in [0, 0.1) is 0 Å². The lowest BCUT2D eigenvalue weighted by atomic mass is 10.1. The van der Waals surface area contributed by atoms with Crippen LogP contribution in [-0.4, -0.2) is 28.4 Å². The number of nitrogens with one attached hydrogen (secondary N) is 2. The quantitative estimate of drug-likeness (QED) is 0.888. The third-order valence-electron chi connectivity index (χ3n) is 4.38. The molecule has 0 spiro atoms. The van der Waals surface area contributed by atoms with Crippen LogP contribution in [0.4, 0.5) is 0 Å². The molecule has 2 unspecified atom stereocenters. The van der Waals surface area contributed by atoms with Gasteiger partial charge in [0.2, 0.25) is 5.91 Å². The molecule has 0 bridgehead atoms. The second kappa shape index (κ2) is 6.56. The molecule has 3 nitrogen and oxygen atoms in total. The molecule has 1 aliphatic carbocycles. The first-order valence-corrected chi connectivity index (χ1v) is 8.92. The van der Waals surface area contributed by atoms with Crippen LogP contribution in [-0.2, 0) is 11.2 Å². The van der Waals surface area contributed by atoms with Gasteiger partial charge in [0, 0.05) is 34.8 Å². The summed E-state index contributed by atoms with van der Waals surface area (Å²) in [6.45, 7) is 0. The number of carbonyl (C=O) groups is 1. The van der Waals surface area contributed by atoms with Crippen molar-refractivity contribution in [1.29, 1.82) is 0 Å². The molecule has 2 N–H and O–H groups in total. The van der Waals surface area contributed by atoms with Crippen molar-refractivity contribution in [2.24, 2.45) is 0 Å². The zero-order chi connectivity index (χ0) is 14.7. The van der Waals surface area contributed by atoms with E-state index < -0.39 is 0 Å². The zero-order valence-corrected chi connectivity index (χ0v) is 13.2. The monoisotopic (exact) mass is 302 g/mol. The minimum absolute atomic E-state index is 0.187. The third-order valence-corrected chi connectivity index (χ3v) is 5.47. The molecule has 1 saturated carbocycles. The van der Waals surface area contributed by atoms with Crippen LogP contribution in [0.3, 0.4) is 0 Å². The van der Waals surface area contributed by atoms with Crippen molar-refractivity contribution in [2.75, 3.05) is 6.26 Å². The molecule has 1 aliphatic rings. The molecule has 21 heavy (non-hydrogen) atoms. The number of thioether (sulfide) groups is 1. The number of carbonyl (C=O) groups excluding carboxylic acids is 1. The minimum Gasteiger partial charge on any atom is -0.361 e. The number of aromatic nitrogens is 1. The summed E-state index contributed by atoms with van der Waals surface area (Å²) in [6, 6.07) is 8.63. The second-order valence-corrected chi connectivity index (χ2v) is 6.93. The Kier molecular flexibility index (Phi) is 4.54. The number of H-pyrrole nitrogens is 1. The van der Waals surface area contributed by atoms with Gasteiger partial charge in [-0.25, -0.2) is 0 Å². The molecule has 1 heterocycles. The highest BCUT2D eigenvalue weighted by Crippen LogP contribution is 2.28. The van der Waals surface area contributed by atoms with Gasteiger partial charge in [-0.3, -0.25) is 4.79 Å². The average molecular weight is 302 g/mol. The number of para-hydroxylation sites is 1. The highest BCUT2D eigenvalue weighted by molar-refractivity contribution is 7.99. The maximum atomic E-state index is 12.1. The molecule has 0 aliphatic heterocycles. The number of hydrogen-bond acceptors (Lipinski definition) is 2. The number of hydrogen-bond donors (Lipinski definition) is 2. The summed E-state index contributed by atoms with van der Waals surface area (Å²) in [5.74, 6) is 0.187. The standard InChI is InChI=1S/C17H22N2OS/c1-21-14-8-7-13(10-14)19-17(20)9-6-12-11-18-16-5-3-2-4-15(12)16/h2-5,11,13-14,18H,6-10H2,1H3,(H,19,20). The van der Waals surface area contributed by atoms with E-state index in [4.69, 9.17) is 0 Å². The van der Waals surface area contributed by atoms with Crippen molar-refractivity contribution in [1.82, 2.24) is 10.3 Å². The summed E-state index contributed by atoms with van der Waals surface area (Å²) in [5, 5.41) is 5.15. The van der Waals surface area contributed by atoms with Crippen LogP contribution in [0.25, 0.3) is 10.9 Å². The van der Waals surface area contributed by atoms with Crippen molar-refractivity contribution >= 4 is 28.6 Å². The molecule has 1 aromatic heterocycles. The highest BCUT2D eigenvalue weighted by atomic mass is 32.2. The van der Waals surface area contributed by atoms with Gasteiger partial charge in [0.1, 0.15) is 0 Å². The molecular formula is C17H22N2OS. The van der Waals surface area contributed by atoms with E-state index in [0.29, 0.717) is 12.5 Å².